The second-order valence-corrected chi connectivity index (χ2v) is 10.6. The van der Waals surface area contributed by atoms with Crippen molar-refractivity contribution >= 4 is 33.2 Å². The molecule has 0 bridgehead atoms. The molecule has 2 aromatic carbocycles. The van der Waals surface area contributed by atoms with Crippen LogP contribution in [0.15, 0.2) is 47.6 Å². The highest BCUT2D eigenvalue weighted by molar-refractivity contribution is 7.89. The van der Waals surface area contributed by atoms with Crippen molar-refractivity contribution in [2.45, 2.75) is 17.0 Å². The summed E-state index contributed by atoms with van der Waals surface area (Å²) in [5.41, 5.74) is 1.07. The summed E-state index contributed by atoms with van der Waals surface area (Å²) in [6.07, 6.45) is 1.25. The first-order valence-corrected chi connectivity index (χ1v) is 11.9. The maximum Gasteiger partial charge on any atom is 0.260 e. The van der Waals surface area contributed by atoms with Crippen LogP contribution < -0.4 is 0 Å². The average Bonchev–Trinajstić information content (AvgIpc) is 3.16. The van der Waals surface area contributed by atoms with Crippen molar-refractivity contribution in [2.24, 2.45) is 0 Å². The summed E-state index contributed by atoms with van der Waals surface area (Å²) in [7, 11) is 0.0370. The summed E-state index contributed by atoms with van der Waals surface area (Å²) in [5, 5.41) is -0.262. The number of benzene rings is 2. The van der Waals surface area contributed by atoms with Crippen LogP contribution in [-0.4, -0.2) is 60.8 Å². The number of H-pyrrole nitrogens is 1. The maximum atomic E-state index is 13.8. The predicted molar refractivity (Wildman–Crippen MR) is 119 cm³/mol. The molecule has 1 aliphatic heterocycles. The molecule has 0 aliphatic carbocycles. The smallest absolute Gasteiger partial charge is 0.260 e. The molecule has 1 saturated heterocycles. The van der Waals surface area contributed by atoms with Crippen LogP contribution in [0, 0.1) is 11.6 Å². The maximum absolute atomic E-state index is 13.8. The molecule has 1 fully saturated rings. The number of imidazole rings is 1. The molecule has 2 heterocycles. The molecule has 32 heavy (non-hydrogen) atoms. The van der Waals surface area contributed by atoms with Gasteiger partial charge in [0.1, 0.15) is 17.5 Å². The normalized spacial score (nSPS) is 15.5. The van der Waals surface area contributed by atoms with E-state index in [1.807, 2.05) is 19.0 Å². The minimum atomic E-state index is -3.76. The van der Waals surface area contributed by atoms with E-state index in [4.69, 9.17) is 23.2 Å². The molecule has 0 saturated carbocycles. The van der Waals surface area contributed by atoms with Crippen molar-refractivity contribution in [3.63, 3.8) is 0 Å². The fourth-order valence-electron chi connectivity index (χ4n) is 3.57. The van der Waals surface area contributed by atoms with E-state index in [9.17, 15) is 17.2 Å². The molecule has 3 aromatic rings. The van der Waals surface area contributed by atoms with Crippen LogP contribution in [0.1, 0.15) is 22.9 Å². The third-order valence-corrected chi connectivity index (χ3v) is 7.90. The highest BCUT2D eigenvalue weighted by Gasteiger charge is 2.39. The van der Waals surface area contributed by atoms with E-state index in [-0.39, 0.29) is 26.9 Å². The van der Waals surface area contributed by atoms with Crippen molar-refractivity contribution in [3.05, 3.63) is 81.2 Å². The molecule has 0 radical (unpaired) electrons. The SMILES string of the molecule is CN(C)C1CN(S(=O)(=O)c2cnc(C(c3ccc(F)c(Cl)c3)c3ccc(F)c(Cl)c3)[nH]2)C1. The highest BCUT2D eigenvalue weighted by atomic mass is 35.5. The Bertz CT molecular complexity index is 1210. The van der Waals surface area contributed by atoms with Crippen molar-refractivity contribution in [2.75, 3.05) is 27.2 Å². The zero-order chi connectivity index (χ0) is 23.2. The van der Waals surface area contributed by atoms with Gasteiger partial charge in [0.15, 0.2) is 5.03 Å². The third kappa shape index (κ3) is 4.27. The highest BCUT2D eigenvalue weighted by Crippen LogP contribution is 2.35. The number of aromatic nitrogens is 2. The molecule has 1 aliphatic rings. The average molecular weight is 501 g/mol. The van der Waals surface area contributed by atoms with Gasteiger partial charge in [0, 0.05) is 19.1 Å². The Labute approximate surface area is 194 Å². The van der Waals surface area contributed by atoms with Crippen LogP contribution in [0.25, 0.3) is 0 Å². The van der Waals surface area contributed by atoms with Crippen molar-refractivity contribution in [3.8, 4) is 0 Å². The van der Waals surface area contributed by atoms with E-state index in [2.05, 4.69) is 9.97 Å². The number of halogens is 4. The van der Waals surface area contributed by atoms with Gasteiger partial charge in [-0.2, -0.15) is 4.31 Å². The van der Waals surface area contributed by atoms with Crippen LogP contribution >= 0.6 is 23.2 Å². The quantitative estimate of drug-likeness (QED) is 0.552. The van der Waals surface area contributed by atoms with Gasteiger partial charge < -0.3 is 9.88 Å². The summed E-state index contributed by atoms with van der Waals surface area (Å²) in [6.45, 7) is 0.766. The summed E-state index contributed by atoms with van der Waals surface area (Å²) in [4.78, 5) is 9.14. The van der Waals surface area contributed by atoms with Crippen LogP contribution in [0.2, 0.25) is 10.0 Å². The molecular weight excluding hydrogens is 481 g/mol. The number of hydrogen-bond donors (Lipinski definition) is 1. The van der Waals surface area contributed by atoms with E-state index in [1.165, 1.54) is 46.9 Å². The number of sulfonamides is 1. The fraction of sp³-hybridized carbons (Fsp3) is 0.286. The lowest BCUT2D eigenvalue weighted by molar-refractivity contribution is 0.133. The molecule has 0 amide bonds. The molecule has 6 nitrogen and oxygen atoms in total. The lowest BCUT2D eigenvalue weighted by atomic mass is 9.90. The van der Waals surface area contributed by atoms with Gasteiger partial charge >= 0.3 is 0 Å². The van der Waals surface area contributed by atoms with Crippen LogP contribution in [0.3, 0.4) is 0 Å². The van der Waals surface area contributed by atoms with Crippen molar-refractivity contribution in [1.29, 1.82) is 0 Å². The largest absolute Gasteiger partial charge is 0.331 e. The summed E-state index contributed by atoms with van der Waals surface area (Å²) in [6, 6.07) is 8.44. The Hall–Kier alpha value is -2.04. The molecule has 11 heteroatoms. The standard InChI is InChI=1S/C21H20Cl2F2N4O2S/c1-28(2)14-10-29(11-14)32(30,31)19-9-26-21(27-19)20(12-3-5-17(24)15(22)7-12)13-4-6-18(25)16(23)8-13/h3-9,14,20H,10-11H2,1-2H3,(H,26,27). The molecule has 1 N–H and O–H groups in total. The summed E-state index contributed by atoms with van der Waals surface area (Å²) in [5.74, 6) is -1.59. The van der Waals surface area contributed by atoms with Crippen molar-refractivity contribution < 1.29 is 17.2 Å². The van der Waals surface area contributed by atoms with E-state index < -0.39 is 27.6 Å². The Morgan fingerprint density at radius 1 is 1.06 bits per heavy atom. The Kier molecular flexibility index (Phi) is 6.30. The number of nitrogens with zero attached hydrogens (tertiary/aromatic N) is 3. The first-order valence-electron chi connectivity index (χ1n) is 9.69. The molecule has 0 spiro atoms. The van der Waals surface area contributed by atoms with Gasteiger partial charge in [-0.1, -0.05) is 35.3 Å². The number of rotatable bonds is 6. The minimum absolute atomic E-state index is 0.0591. The number of likely N-dealkylation sites (N-methyl/N-ethyl adjacent to an activating group) is 1. The van der Waals surface area contributed by atoms with E-state index in [0.29, 0.717) is 24.2 Å². The van der Waals surface area contributed by atoms with E-state index in [0.717, 1.165) is 0 Å². The Morgan fingerprint density at radius 3 is 2.06 bits per heavy atom. The second-order valence-electron chi connectivity index (χ2n) is 7.85. The predicted octanol–water partition coefficient (Wildman–Crippen LogP) is 4.11. The van der Waals surface area contributed by atoms with Gasteiger partial charge in [0.25, 0.3) is 10.0 Å². The topological polar surface area (TPSA) is 69.3 Å². The number of hydrogen-bond acceptors (Lipinski definition) is 4. The van der Waals surface area contributed by atoms with Crippen molar-refractivity contribution in [1.82, 2.24) is 19.2 Å². The molecule has 1 aromatic heterocycles. The molecular formula is C21H20Cl2F2N4O2S. The molecule has 0 unspecified atom stereocenters. The second kappa shape index (κ2) is 8.72. The zero-order valence-electron chi connectivity index (χ0n) is 17.2. The van der Waals surface area contributed by atoms with Crippen LogP contribution in [-0.2, 0) is 10.0 Å². The van der Waals surface area contributed by atoms with E-state index in [1.54, 1.807) is 0 Å². The number of nitrogens with one attached hydrogen (secondary N) is 1. The van der Waals surface area contributed by atoms with Gasteiger partial charge in [0.05, 0.1) is 22.2 Å². The van der Waals surface area contributed by atoms with Gasteiger partial charge in [-0.25, -0.2) is 22.2 Å². The monoisotopic (exact) mass is 500 g/mol. The first kappa shape index (κ1) is 23.1. The zero-order valence-corrected chi connectivity index (χ0v) is 19.5. The summed E-state index contributed by atoms with van der Waals surface area (Å²) >= 11 is 12.0. The first-order chi connectivity index (χ1) is 15.1. The Balaban J connectivity index is 1.73. The number of aromatic amines is 1. The fourth-order valence-corrected chi connectivity index (χ4v) is 5.38. The van der Waals surface area contributed by atoms with Gasteiger partial charge in [-0.3, -0.25) is 0 Å². The lowest BCUT2D eigenvalue weighted by Crippen LogP contribution is -2.59. The van der Waals surface area contributed by atoms with Gasteiger partial charge in [-0.15, -0.1) is 0 Å². The van der Waals surface area contributed by atoms with Crippen LogP contribution in [0.4, 0.5) is 8.78 Å². The molecule has 4 rings (SSSR count). The van der Waals surface area contributed by atoms with E-state index >= 15 is 0 Å². The molecule has 170 valence electrons. The summed E-state index contributed by atoms with van der Waals surface area (Å²) < 4.78 is 54.8. The van der Waals surface area contributed by atoms with Gasteiger partial charge in [-0.05, 0) is 49.5 Å². The molecule has 0 atom stereocenters. The third-order valence-electron chi connectivity index (χ3n) is 5.58. The lowest BCUT2D eigenvalue weighted by Gasteiger charge is -2.41. The Morgan fingerprint density at radius 2 is 1.59 bits per heavy atom. The van der Waals surface area contributed by atoms with Gasteiger partial charge in [0.2, 0.25) is 0 Å². The minimum Gasteiger partial charge on any atom is -0.331 e. The van der Waals surface area contributed by atoms with Crippen LogP contribution in [0.5, 0.6) is 0 Å².